The van der Waals surface area contributed by atoms with Gasteiger partial charge in [0.1, 0.15) is 5.82 Å². The summed E-state index contributed by atoms with van der Waals surface area (Å²) in [7, 11) is 0. The van der Waals surface area contributed by atoms with E-state index >= 15 is 0 Å². The molecule has 1 aliphatic rings. The van der Waals surface area contributed by atoms with Crippen molar-refractivity contribution < 1.29 is 0 Å². The van der Waals surface area contributed by atoms with E-state index in [0.717, 1.165) is 25.3 Å². The van der Waals surface area contributed by atoms with Crippen molar-refractivity contribution in [3.8, 4) is 0 Å². The summed E-state index contributed by atoms with van der Waals surface area (Å²) in [6.45, 7) is 6.27. The normalized spacial score (nSPS) is 17.3. The number of fused-ring (bicyclic) bond motifs is 1. The van der Waals surface area contributed by atoms with Crippen LogP contribution in [0.1, 0.15) is 25.0 Å². The lowest BCUT2D eigenvalue weighted by molar-refractivity contribution is 0.721. The Balaban J connectivity index is 1.93. The molecule has 104 valence electrons. The first-order chi connectivity index (χ1) is 9.79. The van der Waals surface area contributed by atoms with Crippen LogP contribution >= 0.6 is 0 Å². The van der Waals surface area contributed by atoms with E-state index in [1.54, 1.807) is 0 Å². The van der Waals surface area contributed by atoms with Crippen LogP contribution in [-0.2, 0) is 13.0 Å². The highest BCUT2D eigenvalue weighted by Crippen LogP contribution is 2.37. The molecule has 1 aromatic carbocycles. The number of hydrogen-bond donors (Lipinski definition) is 1. The third kappa shape index (κ3) is 2.41. The van der Waals surface area contributed by atoms with Crippen LogP contribution in [0.2, 0.25) is 0 Å². The summed E-state index contributed by atoms with van der Waals surface area (Å²) in [5, 5.41) is 3.37. The molecule has 0 spiro atoms. The van der Waals surface area contributed by atoms with Crippen LogP contribution in [0.4, 0.5) is 11.5 Å². The van der Waals surface area contributed by atoms with Gasteiger partial charge in [-0.15, -0.1) is 0 Å². The van der Waals surface area contributed by atoms with Gasteiger partial charge in [-0.1, -0.05) is 25.1 Å². The molecular weight excluding hydrogens is 246 g/mol. The van der Waals surface area contributed by atoms with Crippen molar-refractivity contribution in [1.29, 1.82) is 0 Å². The van der Waals surface area contributed by atoms with E-state index in [0.29, 0.717) is 6.04 Å². The second-order valence-corrected chi connectivity index (χ2v) is 5.35. The van der Waals surface area contributed by atoms with E-state index < -0.39 is 0 Å². The largest absolute Gasteiger partial charge is 0.323 e. The van der Waals surface area contributed by atoms with Crippen molar-refractivity contribution in [1.82, 2.24) is 10.3 Å². The number of nitrogens with zero attached hydrogens (tertiary/aromatic N) is 2. The van der Waals surface area contributed by atoms with Gasteiger partial charge in [0, 0.05) is 24.5 Å². The van der Waals surface area contributed by atoms with E-state index in [9.17, 15) is 0 Å². The fraction of sp³-hybridized carbons (Fsp3) is 0.353. The van der Waals surface area contributed by atoms with Gasteiger partial charge in [-0.25, -0.2) is 4.98 Å². The van der Waals surface area contributed by atoms with E-state index in [-0.39, 0.29) is 0 Å². The summed E-state index contributed by atoms with van der Waals surface area (Å²) in [6.07, 6.45) is 3.00. The van der Waals surface area contributed by atoms with Gasteiger partial charge >= 0.3 is 0 Å². The molecule has 0 saturated carbocycles. The molecule has 1 aliphatic heterocycles. The zero-order chi connectivity index (χ0) is 13.9. The summed E-state index contributed by atoms with van der Waals surface area (Å²) in [5.41, 5.74) is 4.00. The molecule has 0 amide bonds. The molecule has 1 unspecified atom stereocenters. The maximum absolute atomic E-state index is 4.58. The molecule has 3 nitrogen and oxygen atoms in total. The van der Waals surface area contributed by atoms with E-state index in [1.165, 1.54) is 16.8 Å². The average Bonchev–Trinajstić information content (AvgIpc) is 2.81. The maximum Gasteiger partial charge on any atom is 0.133 e. The summed E-state index contributed by atoms with van der Waals surface area (Å²) >= 11 is 0. The van der Waals surface area contributed by atoms with Crippen LogP contribution in [0.25, 0.3) is 0 Å². The Labute approximate surface area is 120 Å². The number of benzene rings is 1. The molecule has 0 saturated heterocycles. The zero-order valence-electron chi connectivity index (χ0n) is 12.1. The van der Waals surface area contributed by atoms with Crippen molar-refractivity contribution in [2.45, 2.75) is 32.9 Å². The number of hydrogen-bond acceptors (Lipinski definition) is 3. The van der Waals surface area contributed by atoms with Gasteiger partial charge in [0.2, 0.25) is 0 Å². The van der Waals surface area contributed by atoms with Crippen molar-refractivity contribution >= 4 is 11.5 Å². The van der Waals surface area contributed by atoms with Crippen molar-refractivity contribution in [2.24, 2.45) is 0 Å². The lowest BCUT2D eigenvalue weighted by Crippen LogP contribution is -2.25. The fourth-order valence-corrected chi connectivity index (χ4v) is 2.89. The molecule has 20 heavy (non-hydrogen) atoms. The second kappa shape index (κ2) is 5.63. The molecule has 2 aromatic rings. The Bertz CT molecular complexity index is 594. The zero-order valence-corrected chi connectivity index (χ0v) is 12.1. The Morgan fingerprint density at radius 1 is 1.30 bits per heavy atom. The second-order valence-electron chi connectivity index (χ2n) is 5.35. The number of anilines is 2. The molecule has 0 aliphatic carbocycles. The molecule has 1 aromatic heterocycles. The van der Waals surface area contributed by atoms with Crippen LogP contribution in [-0.4, -0.2) is 17.6 Å². The van der Waals surface area contributed by atoms with E-state index in [4.69, 9.17) is 0 Å². The highest BCUT2D eigenvalue weighted by Gasteiger charge is 2.27. The van der Waals surface area contributed by atoms with Crippen LogP contribution in [0.3, 0.4) is 0 Å². The van der Waals surface area contributed by atoms with E-state index in [1.807, 2.05) is 6.20 Å². The Kier molecular flexibility index (Phi) is 3.70. The number of rotatable bonds is 4. The first kappa shape index (κ1) is 13.1. The third-order valence-electron chi connectivity index (χ3n) is 3.84. The molecule has 0 fully saturated rings. The molecular formula is C17H21N3. The maximum atomic E-state index is 4.58. The first-order valence-corrected chi connectivity index (χ1v) is 7.32. The Morgan fingerprint density at radius 2 is 2.15 bits per heavy atom. The molecule has 2 heterocycles. The van der Waals surface area contributed by atoms with Crippen LogP contribution in [0.5, 0.6) is 0 Å². The van der Waals surface area contributed by atoms with Gasteiger partial charge in [-0.2, -0.15) is 0 Å². The average molecular weight is 267 g/mol. The number of para-hydroxylation sites is 1. The van der Waals surface area contributed by atoms with Crippen LogP contribution in [0, 0.1) is 0 Å². The van der Waals surface area contributed by atoms with Crippen LogP contribution in [0.15, 0.2) is 42.6 Å². The van der Waals surface area contributed by atoms with Gasteiger partial charge in [0.15, 0.2) is 0 Å². The fourth-order valence-electron chi connectivity index (χ4n) is 2.89. The lowest BCUT2D eigenvalue weighted by atomic mass is 10.1. The monoisotopic (exact) mass is 267 g/mol. The number of aromatic nitrogens is 1. The van der Waals surface area contributed by atoms with Gasteiger partial charge in [0.25, 0.3) is 0 Å². The molecule has 1 atom stereocenters. The summed E-state index contributed by atoms with van der Waals surface area (Å²) < 4.78 is 0. The smallest absolute Gasteiger partial charge is 0.133 e. The first-order valence-electron chi connectivity index (χ1n) is 7.32. The Morgan fingerprint density at radius 3 is 3.00 bits per heavy atom. The minimum absolute atomic E-state index is 0.467. The van der Waals surface area contributed by atoms with E-state index in [2.05, 4.69) is 65.4 Å². The van der Waals surface area contributed by atoms with Gasteiger partial charge in [-0.05, 0) is 49.2 Å². The number of pyridine rings is 1. The van der Waals surface area contributed by atoms with Gasteiger partial charge in [-0.3, -0.25) is 0 Å². The van der Waals surface area contributed by atoms with Crippen molar-refractivity contribution in [3.63, 3.8) is 0 Å². The predicted octanol–water partition coefficient (Wildman–Crippen LogP) is 3.27. The quantitative estimate of drug-likeness (QED) is 0.921. The number of nitrogens with one attached hydrogen (secondary N) is 1. The third-order valence-corrected chi connectivity index (χ3v) is 3.84. The van der Waals surface area contributed by atoms with Crippen LogP contribution < -0.4 is 10.2 Å². The minimum Gasteiger partial charge on any atom is -0.323 e. The van der Waals surface area contributed by atoms with Gasteiger partial charge < -0.3 is 10.2 Å². The Hall–Kier alpha value is -1.87. The standard InChI is InChI=1S/C17H21N3/c1-3-18-12-14-8-9-19-17(11-14)20-13(2)10-15-6-4-5-7-16(15)20/h4-9,11,13,18H,3,10,12H2,1-2H3. The topological polar surface area (TPSA) is 28.2 Å². The summed E-state index contributed by atoms with van der Waals surface area (Å²) in [4.78, 5) is 6.93. The molecule has 3 rings (SSSR count). The molecule has 0 radical (unpaired) electrons. The SMILES string of the molecule is CCNCc1ccnc(N2c3ccccc3CC2C)c1. The van der Waals surface area contributed by atoms with Gasteiger partial charge in [0.05, 0.1) is 0 Å². The molecule has 0 bridgehead atoms. The lowest BCUT2D eigenvalue weighted by Gasteiger charge is -2.24. The summed E-state index contributed by atoms with van der Waals surface area (Å²) in [5.74, 6) is 1.05. The highest BCUT2D eigenvalue weighted by atomic mass is 15.2. The molecule has 1 N–H and O–H groups in total. The minimum atomic E-state index is 0.467. The van der Waals surface area contributed by atoms with Crippen molar-refractivity contribution in [2.75, 3.05) is 11.4 Å². The summed E-state index contributed by atoms with van der Waals surface area (Å²) in [6, 6.07) is 13.4. The highest BCUT2D eigenvalue weighted by molar-refractivity contribution is 5.69. The molecule has 3 heteroatoms. The van der Waals surface area contributed by atoms with Crippen molar-refractivity contribution in [3.05, 3.63) is 53.7 Å². The predicted molar refractivity (Wildman–Crippen MR) is 83.4 cm³/mol.